The lowest BCUT2D eigenvalue weighted by atomic mass is 9.82. The molecule has 2 saturated carbocycles. The normalized spacial score (nSPS) is 31.5. The molecule has 3 fully saturated rings. The summed E-state index contributed by atoms with van der Waals surface area (Å²) in [6, 6.07) is 4.96. The van der Waals surface area contributed by atoms with Crippen LogP contribution >= 0.6 is 11.6 Å². The van der Waals surface area contributed by atoms with Gasteiger partial charge >= 0.3 is 0 Å². The second-order valence-electron chi connectivity index (χ2n) is 9.54. The highest BCUT2D eigenvalue weighted by Crippen LogP contribution is 2.40. The minimum atomic E-state index is -3.35. The molecule has 1 amide bonds. The van der Waals surface area contributed by atoms with Gasteiger partial charge in [0.2, 0.25) is 10.0 Å². The molecule has 3 heterocycles. The first kappa shape index (κ1) is 22.4. The Balaban J connectivity index is 1.41. The Labute approximate surface area is 194 Å². The molecule has 0 unspecified atom stereocenters. The van der Waals surface area contributed by atoms with E-state index < -0.39 is 10.0 Å². The van der Waals surface area contributed by atoms with Gasteiger partial charge in [-0.05, 0) is 81.0 Å². The second-order valence-corrected chi connectivity index (χ2v) is 12.0. The van der Waals surface area contributed by atoms with Crippen LogP contribution in [0.15, 0.2) is 18.2 Å². The molecule has 5 aliphatic rings. The minimum absolute atomic E-state index is 0.0800. The summed E-state index contributed by atoms with van der Waals surface area (Å²) in [5, 5.41) is 0.384. The van der Waals surface area contributed by atoms with Crippen molar-refractivity contribution >= 4 is 27.5 Å². The molecule has 0 radical (unpaired) electrons. The van der Waals surface area contributed by atoms with Crippen LogP contribution in [0, 0.1) is 0 Å². The molecule has 7 nitrogen and oxygen atoms in total. The number of piperidine rings is 1. The number of fused-ring (bicyclic) bond motifs is 5. The number of carbonyl (C=O) groups excluding carboxylic acids is 1. The number of nitrogens with one attached hydrogen (secondary N) is 1. The molecule has 1 saturated heterocycles. The summed E-state index contributed by atoms with van der Waals surface area (Å²) in [6.45, 7) is 0.847. The Kier molecular flexibility index (Phi) is 6.40. The fourth-order valence-electron chi connectivity index (χ4n) is 5.36. The van der Waals surface area contributed by atoms with E-state index >= 15 is 0 Å². The van der Waals surface area contributed by atoms with Crippen molar-refractivity contribution in [3.63, 3.8) is 0 Å². The van der Waals surface area contributed by atoms with Gasteiger partial charge < -0.3 is 14.4 Å². The lowest BCUT2D eigenvalue weighted by Gasteiger charge is -2.42. The summed E-state index contributed by atoms with van der Waals surface area (Å²) in [5.74, 6) is 0.910. The number of benzene rings is 1. The fraction of sp³-hybridized carbons (Fsp3) is 0.696. The molecule has 1 aromatic carbocycles. The van der Waals surface area contributed by atoms with Gasteiger partial charge in [0.05, 0.1) is 24.0 Å². The van der Waals surface area contributed by atoms with E-state index in [9.17, 15) is 13.2 Å². The Morgan fingerprint density at radius 2 is 1.84 bits per heavy atom. The lowest BCUT2D eigenvalue weighted by molar-refractivity contribution is -0.140. The quantitative estimate of drug-likeness (QED) is 0.715. The Bertz CT molecular complexity index is 959. The van der Waals surface area contributed by atoms with E-state index in [1.807, 2.05) is 12.1 Å². The number of hydrogen-bond donors (Lipinski definition) is 1. The van der Waals surface area contributed by atoms with Crippen molar-refractivity contribution < 1.29 is 22.7 Å². The third-order valence-electron chi connectivity index (χ3n) is 7.32. The van der Waals surface area contributed by atoms with Gasteiger partial charge in [-0.1, -0.05) is 11.6 Å². The van der Waals surface area contributed by atoms with Gasteiger partial charge in [-0.15, -0.1) is 0 Å². The van der Waals surface area contributed by atoms with Gasteiger partial charge in [0, 0.05) is 17.6 Å². The van der Waals surface area contributed by atoms with Crippen molar-refractivity contribution in [2.45, 2.75) is 80.7 Å². The van der Waals surface area contributed by atoms with Gasteiger partial charge in [0.15, 0.2) is 6.61 Å². The maximum atomic E-state index is 13.2. The van der Waals surface area contributed by atoms with E-state index in [1.165, 1.54) is 0 Å². The molecule has 2 aliphatic carbocycles. The van der Waals surface area contributed by atoms with Crippen LogP contribution in [0.25, 0.3) is 0 Å². The van der Waals surface area contributed by atoms with Crippen molar-refractivity contribution in [2.24, 2.45) is 0 Å². The molecule has 2 bridgehead atoms. The van der Waals surface area contributed by atoms with Gasteiger partial charge in [-0.25, -0.2) is 13.1 Å². The first-order valence-corrected chi connectivity index (χ1v) is 13.7. The summed E-state index contributed by atoms with van der Waals surface area (Å²) in [7, 11) is -3.35. The average Bonchev–Trinajstić information content (AvgIpc) is 3.63. The number of sulfonamides is 1. The van der Waals surface area contributed by atoms with Gasteiger partial charge in [0.1, 0.15) is 5.75 Å². The van der Waals surface area contributed by atoms with E-state index in [0.717, 1.165) is 37.7 Å². The summed E-state index contributed by atoms with van der Waals surface area (Å²) in [5.41, 5.74) is 1.06. The lowest BCUT2D eigenvalue weighted by Crippen LogP contribution is -2.60. The predicted octanol–water partition coefficient (Wildman–Crippen LogP) is 3.22. The second kappa shape index (κ2) is 9.12. The molecule has 3 aliphatic heterocycles. The average molecular weight is 483 g/mol. The molecule has 9 heteroatoms. The van der Waals surface area contributed by atoms with E-state index in [2.05, 4.69) is 4.72 Å². The maximum absolute atomic E-state index is 13.2. The van der Waals surface area contributed by atoms with Crippen molar-refractivity contribution in [3.8, 4) is 5.75 Å². The zero-order valence-electron chi connectivity index (χ0n) is 18.2. The Morgan fingerprint density at radius 3 is 2.59 bits per heavy atom. The smallest absolute Gasteiger partial charge is 0.260 e. The molecule has 0 spiro atoms. The molecule has 2 atom stereocenters. The third-order valence-corrected chi connectivity index (χ3v) is 9.53. The zero-order valence-corrected chi connectivity index (χ0v) is 19.7. The molecule has 1 N–H and O–H groups in total. The largest absolute Gasteiger partial charge is 0.483 e. The Morgan fingerprint density at radius 1 is 1.06 bits per heavy atom. The minimum Gasteiger partial charge on any atom is -0.483 e. The summed E-state index contributed by atoms with van der Waals surface area (Å²) in [4.78, 5) is 15.0. The van der Waals surface area contributed by atoms with Gasteiger partial charge in [-0.2, -0.15) is 0 Å². The number of ether oxygens (including phenoxy) is 2. The van der Waals surface area contributed by atoms with Crippen molar-refractivity contribution in [3.05, 3.63) is 28.8 Å². The molecular formula is C23H31ClN2O5S. The van der Waals surface area contributed by atoms with E-state index in [1.54, 1.807) is 11.0 Å². The zero-order chi connectivity index (χ0) is 22.3. The third kappa shape index (κ3) is 4.79. The standard InChI is InChI=1S/C23H31ClN2O5S/c24-16-5-10-22-19(12-16)15-3-6-17(7-4-15)30-13-21-20(25-32(28,29)18-8-9-18)2-1-11-26(21)23(27)14-31-22/h5,10,12,15,17-18,20-21,25H,1-4,6-9,11,13-14H2/t15?,17?,20-,21-/m0/s1. The maximum Gasteiger partial charge on any atom is 0.260 e. The number of rotatable bonds is 3. The molecule has 1 aromatic rings. The van der Waals surface area contributed by atoms with Gasteiger partial charge in [0.25, 0.3) is 5.91 Å². The van der Waals surface area contributed by atoms with E-state index in [4.69, 9.17) is 21.1 Å². The number of halogens is 1. The van der Waals surface area contributed by atoms with Crippen LogP contribution < -0.4 is 9.46 Å². The highest BCUT2D eigenvalue weighted by molar-refractivity contribution is 7.90. The first-order valence-electron chi connectivity index (χ1n) is 11.7. The van der Waals surface area contributed by atoms with E-state index in [0.29, 0.717) is 49.1 Å². The van der Waals surface area contributed by atoms with Crippen LogP contribution in [0.2, 0.25) is 5.02 Å². The van der Waals surface area contributed by atoms with Crippen LogP contribution in [0.3, 0.4) is 0 Å². The monoisotopic (exact) mass is 482 g/mol. The van der Waals surface area contributed by atoms with Crippen molar-refractivity contribution in [1.29, 1.82) is 0 Å². The summed E-state index contributed by atoms with van der Waals surface area (Å²) in [6.07, 6.45) is 6.80. The van der Waals surface area contributed by atoms with Crippen LogP contribution in [0.4, 0.5) is 0 Å². The van der Waals surface area contributed by atoms with Crippen LogP contribution in [0.5, 0.6) is 5.75 Å². The molecular weight excluding hydrogens is 452 g/mol. The molecule has 0 aromatic heterocycles. The highest BCUT2D eigenvalue weighted by Gasteiger charge is 2.42. The SMILES string of the molecule is O=C1COc2ccc(Cl)cc2C2CCC(CC2)OC[C@H]2[C@@H](NS(=O)(=O)C3CC3)CCCN12. The number of hydrogen-bond acceptors (Lipinski definition) is 5. The predicted molar refractivity (Wildman–Crippen MR) is 121 cm³/mol. The van der Waals surface area contributed by atoms with Crippen LogP contribution in [-0.4, -0.2) is 62.4 Å². The molecule has 6 rings (SSSR count). The van der Waals surface area contributed by atoms with Crippen molar-refractivity contribution in [2.75, 3.05) is 19.8 Å². The molecule has 176 valence electrons. The first-order chi connectivity index (χ1) is 15.4. The summed E-state index contributed by atoms with van der Waals surface area (Å²) >= 11 is 6.27. The number of nitrogens with zero attached hydrogens (tertiary/aromatic N) is 1. The Hall–Kier alpha value is -1.35. The fourth-order valence-corrected chi connectivity index (χ4v) is 7.19. The van der Waals surface area contributed by atoms with Crippen LogP contribution in [-0.2, 0) is 19.6 Å². The summed E-state index contributed by atoms with van der Waals surface area (Å²) < 4.78 is 40.5. The number of carbonyl (C=O) groups is 1. The van der Waals surface area contributed by atoms with Crippen LogP contribution in [0.1, 0.15) is 62.8 Å². The van der Waals surface area contributed by atoms with Gasteiger partial charge in [-0.3, -0.25) is 4.79 Å². The topological polar surface area (TPSA) is 84.9 Å². The highest BCUT2D eigenvalue weighted by atomic mass is 35.5. The van der Waals surface area contributed by atoms with E-state index in [-0.39, 0.29) is 36.0 Å². The number of amides is 1. The molecule has 32 heavy (non-hydrogen) atoms. The van der Waals surface area contributed by atoms with Crippen molar-refractivity contribution in [1.82, 2.24) is 9.62 Å².